The van der Waals surface area contributed by atoms with Gasteiger partial charge in [-0.05, 0) is 45.2 Å². The second-order valence-corrected chi connectivity index (χ2v) is 12.2. The van der Waals surface area contributed by atoms with Crippen molar-refractivity contribution in [1.82, 2.24) is 19.9 Å². The highest BCUT2D eigenvalue weighted by atomic mass is 32.2. The summed E-state index contributed by atoms with van der Waals surface area (Å²) in [5.74, 6) is 0.954. The Kier molecular flexibility index (Phi) is 10.3. The second-order valence-electron chi connectivity index (χ2n) is 8.14. The molecule has 0 radical (unpaired) electrons. The number of aliphatic hydroxyl groups excluding tert-OH is 1. The van der Waals surface area contributed by atoms with E-state index < -0.39 is 7.75 Å². The Balaban J connectivity index is 1.98. The lowest BCUT2D eigenvalue weighted by molar-refractivity contribution is 0.225. The van der Waals surface area contributed by atoms with Crippen LogP contribution < -0.4 is 10.4 Å². The van der Waals surface area contributed by atoms with E-state index >= 15 is 0 Å². The first-order valence-electron chi connectivity index (χ1n) is 11.6. The maximum atomic E-state index is 13.0. The summed E-state index contributed by atoms with van der Waals surface area (Å²) in [5, 5.41) is 17.0. The smallest absolute Gasteiger partial charge is 0.394 e. The normalized spacial score (nSPS) is 13.8. The molecule has 0 aromatic carbocycles. The van der Waals surface area contributed by atoms with Gasteiger partial charge in [-0.2, -0.15) is 4.98 Å². The number of thiazole rings is 1. The Hall–Kier alpha value is -1.82. The molecule has 2 atom stereocenters. The highest BCUT2D eigenvalue weighted by Gasteiger charge is 2.27. The van der Waals surface area contributed by atoms with Gasteiger partial charge in [-0.1, -0.05) is 43.0 Å². The van der Waals surface area contributed by atoms with Crippen molar-refractivity contribution >= 4 is 52.1 Å². The number of pyridine rings is 1. The zero-order valence-electron chi connectivity index (χ0n) is 20.6. The van der Waals surface area contributed by atoms with E-state index in [1.807, 2.05) is 25.1 Å². The van der Waals surface area contributed by atoms with E-state index in [2.05, 4.69) is 39.2 Å². The molecule has 1 unspecified atom stereocenters. The van der Waals surface area contributed by atoms with Gasteiger partial charge in [0.25, 0.3) is 0 Å². The monoisotopic (exact) mass is 540 g/mol. The van der Waals surface area contributed by atoms with Crippen LogP contribution in [0.2, 0.25) is 0 Å². The van der Waals surface area contributed by atoms with Crippen molar-refractivity contribution in [2.45, 2.75) is 57.5 Å². The number of hydrogen-bond donors (Lipinski definition) is 3. The first kappa shape index (κ1) is 27.8. The van der Waals surface area contributed by atoms with Crippen LogP contribution in [0.25, 0.3) is 10.3 Å². The molecule has 3 heterocycles. The third-order valence-electron chi connectivity index (χ3n) is 4.77. The number of thioether (sulfide) groups is 1. The fourth-order valence-electron chi connectivity index (χ4n) is 3.34. The molecule has 0 aliphatic carbocycles. The molecule has 0 aliphatic heterocycles. The molecular formula is C22H33N6O4PS2. The number of aliphatic hydroxyl groups is 1. The molecule has 3 rings (SSSR count). The van der Waals surface area contributed by atoms with Gasteiger partial charge >= 0.3 is 7.75 Å². The van der Waals surface area contributed by atoms with Crippen LogP contribution in [-0.4, -0.2) is 50.9 Å². The molecule has 0 saturated heterocycles. The summed E-state index contributed by atoms with van der Waals surface area (Å²) in [5.41, 5.74) is 1.37. The van der Waals surface area contributed by atoms with E-state index in [-0.39, 0.29) is 31.1 Å². The third-order valence-corrected chi connectivity index (χ3v) is 8.56. The van der Waals surface area contributed by atoms with Crippen molar-refractivity contribution in [2.24, 2.45) is 5.92 Å². The number of anilines is 2. The van der Waals surface area contributed by atoms with Gasteiger partial charge in [0, 0.05) is 6.20 Å². The molecular weight excluding hydrogens is 507 g/mol. The van der Waals surface area contributed by atoms with Gasteiger partial charge in [-0.25, -0.2) is 14.5 Å². The summed E-state index contributed by atoms with van der Waals surface area (Å²) in [7, 11) is -3.56. The lowest BCUT2D eigenvalue weighted by Gasteiger charge is -2.19. The lowest BCUT2D eigenvalue weighted by Crippen LogP contribution is -2.26. The number of aromatic nitrogens is 4. The van der Waals surface area contributed by atoms with Crippen LogP contribution in [0.5, 0.6) is 0 Å². The Morgan fingerprint density at radius 2 is 1.89 bits per heavy atom. The quantitative estimate of drug-likeness (QED) is 0.131. The largest absolute Gasteiger partial charge is 0.434 e. The Morgan fingerprint density at radius 3 is 2.49 bits per heavy atom. The Bertz CT molecular complexity index is 1120. The highest BCUT2D eigenvalue weighted by Crippen LogP contribution is 2.49. The van der Waals surface area contributed by atoms with Crippen LogP contribution in [0.3, 0.4) is 0 Å². The molecule has 0 aliphatic rings. The number of nitrogens with zero attached hydrogens (tertiary/aromatic N) is 4. The van der Waals surface area contributed by atoms with Gasteiger partial charge < -0.3 is 10.4 Å². The van der Waals surface area contributed by atoms with Gasteiger partial charge in [0.2, 0.25) is 0 Å². The molecule has 3 aromatic rings. The molecule has 0 bridgehead atoms. The molecule has 0 saturated carbocycles. The van der Waals surface area contributed by atoms with Crippen LogP contribution >= 0.6 is 30.8 Å². The van der Waals surface area contributed by atoms with Crippen molar-refractivity contribution < 1.29 is 18.7 Å². The summed E-state index contributed by atoms with van der Waals surface area (Å²) in [4.78, 5) is 18.4. The lowest BCUT2D eigenvalue weighted by atomic mass is 10.0. The van der Waals surface area contributed by atoms with Crippen molar-refractivity contribution in [3.63, 3.8) is 0 Å². The number of fused-ring (bicyclic) bond motifs is 1. The van der Waals surface area contributed by atoms with Crippen molar-refractivity contribution in [3.8, 4) is 0 Å². The van der Waals surface area contributed by atoms with Crippen molar-refractivity contribution in [3.05, 3.63) is 30.1 Å². The maximum absolute atomic E-state index is 13.0. The first-order chi connectivity index (χ1) is 16.8. The minimum Gasteiger partial charge on any atom is -0.394 e. The number of hydrogen-bond acceptors (Lipinski definition) is 11. The molecule has 3 aromatic heterocycles. The molecule has 0 amide bonds. The van der Waals surface area contributed by atoms with Gasteiger partial charge in [-0.15, -0.1) is 0 Å². The minimum atomic E-state index is -3.56. The molecule has 3 N–H and O–H groups in total. The maximum Gasteiger partial charge on any atom is 0.434 e. The van der Waals surface area contributed by atoms with Gasteiger partial charge in [0.1, 0.15) is 4.70 Å². The second kappa shape index (κ2) is 12.9. The van der Waals surface area contributed by atoms with E-state index in [1.54, 1.807) is 20.0 Å². The van der Waals surface area contributed by atoms with Crippen LogP contribution in [-0.2, 0) is 13.6 Å². The Labute approximate surface area is 214 Å². The summed E-state index contributed by atoms with van der Waals surface area (Å²) < 4.78 is 24.3. The topological polar surface area (TPSA) is 131 Å². The minimum absolute atomic E-state index is 0.0122. The molecule has 13 heteroatoms. The average molecular weight is 541 g/mol. The van der Waals surface area contributed by atoms with E-state index in [1.165, 1.54) is 23.1 Å². The molecule has 35 heavy (non-hydrogen) atoms. The number of rotatable bonds is 14. The average Bonchev–Trinajstić information content (AvgIpc) is 3.21. The standard InChI is InChI=1S/C22H33N6O4PS2/c1-6-31-33(30,32-7-2)28-22-27-20-18(35-22)19(24-16(13-29)12-14(3)4)25-21(26-20)34-15(5)17-10-8-9-11-23-17/h8-11,14-16,29H,6-7,12-13H2,1-5H3,(H2,24,25,26,27,28,30)/t15?,16-/m1/s1. The molecule has 0 fully saturated rings. The Morgan fingerprint density at radius 1 is 1.14 bits per heavy atom. The molecule has 0 spiro atoms. The SMILES string of the molecule is CCOP(=O)(Nc1nc2nc(SC(C)c3ccccn3)nc(N[C@@H](CO)CC(C)C)c2s1)OCC. The number of nitrogens with one attached hydrogen (secondary N) is 2. The van der Waals surface area contributed by atoms with Crippen molar-refractivity contribution in [1.29, 1.82) is 0 Å². The van der Waals surface area contributed by atoms with E-state index in [4.69, 9.17) is 14.0 Å². The van der Waals surface area contributed by atoms with Crippen LogP contribution in [0, 0.1) is 5.92 Å². The summed E-state index contributed by atoms with van der Waals surface area (Å²) in [6.45, 7) is 10.1. The first-order valence-corrected chi connectivity index (χ1v) is 14.8. The van der Waals surface area contributed by atoms with E-state index in [0.29, 0.717) is 32.4 Å². The third kappa shape index (κ3) is 7.83. The van der Waals surface area contributed by atoms with Gasteiger partial charge in [-0.3, -0.25) is 19.1 Å². The van der Waals surface area contributed by atoms with Crippen LogP contribution in [0.1, 0.15) is 52.0 Å². The zero-order chi connectivity index (χ0) is 25.4. The fourth-order valence-corrected chi connectivity index (χ4v) is 6.59. The fraction of sp³-hybridized carbons (Fsp3) is 0.545. The predicted octanol–water partition coefficient (Wildman–Crippen LogP) is 5.75. The summed E-state index contributed by atoms with van der Waals surface area (Å²) in [6, 6.07) is 5.60. The summed E-state index contributed by atoms with van der Waals surface area (Å²) in [6.07, 6.45) is 2.53. The van der Waals surface area contributed by atoms with E-state index in [9.17, 15) is 9.67 Å². The van der Waals surface area contributed by atoms with Crippen LogP contribution in [0.4, 0.5) is 10.9 Å². The predicted molar refractivity (Wildman–Crippen MR) is 142 cm³/mol. The van der Waals surface area contributed by atoms with Crippen molar-refractivity contribution in [2.75, 3.05) is 30.2 Å². The van der Waals surface area contributed by atoms with Gasteiger partial charge in [0.15, 0.2) is 21.8 Å². The van der Waals surface area contributed by atoms with Crippen LogP contribution in [0.15, 0.2) is 29.6 Å². The highest BCUT2D eigenvalue weighted by molar-refractivity contribution is 7.99. The zero-order valence-corrected chi connectivity index (χ0v) is 23.1. The molecule has 10 nitrogen and oxygen atoms in total. The van der Waals surface area contributed by atoms with Gasteiger partial charge in [0.05, 0.1) is 36.8 Å². The molecule has 192 valence electrons. The van der Waals surface area contributed by atoms with E-state index in [0.717, 1.165) is 12.1 Å². The summed E-state index contributed by atoms with van der Waals surface area (Å²) >= 11 is 2.72.